The van der Waals surface area contributed by atoms with E-state index in [1.165, 1.54) is 57.7 Å². The number of pyridine rings is 2. The Hall–Kier alpha value is -7.88. The van der Waals surface area contributed by atoms with Crippen LogP contribution in [0.4, 0.5) is 11.4 Å². The lowest BCUT2D eigenvalue weighted by atomic mass is 10.1. The highest BCUT2D eigenvalue weighted by atomic mass is 127. The van der Waals surface area contributed by atoms with E-state index in [2.05, 4.69) is 19.8 Å². The SMILES string of the molecule is Cn1c2ccccc2c2c1cc(-c1noc(=O)[nH]1)c(=O)n2-c1ccc([N+](=O)[O-])cc1.Cn1c2ccccc2c2c1cc(C(N)=NO)c(=O)n2-c1ccc([N+](=O)[O-])cc1.[2H]CI. The molecular formula is C40H31IN10O9. The highest BCUT2D eigenvalue weighted by Crippen LogP contribution is 2.32. The number of H-pyrrole nitrogens is 1. The van der Waals surface area contributed by atoms with Crippen LogP contribution in [0.2, 0.25) is 0 Å². The molecule has 0 saturated carbocycles. The van der Waals surface area contributed by atoms with Crippen molar-refractivity contribution in [2.24, 2.45) is 25.0 Å². The maximum Gasteiger partial charge on any atom is 0.439 e. The van der Waals surface area contributed by atoms with Gasteiger partial charge in [0.15, 0.2) is 11.7 Å². The van der Waals surface area contributed by atoms with Gasteiger partial charge in [0.25, 0.3) is 22.5 Å². The van der Waals surface area contributed by atoms with Crippen LogP contribution in [-0.2, 0) is 14.1 Å². The number of hydrogen-bond acceptors (Lipinski definition) is 11. The van der Waals surface area contributed by atoms with E-state index in [1.807, 2.05) is 94.4 Å². The van der Waals surface area contributed by atoms with Crippen molar-refractivity contribution in [3.8, 4) is 22.8 Å². The Morgan fingerprint density at radius 1 is 0.767 bits per heavy atom. The molecule has 0 saturated heterocycles. The van der Waals surface area contributed by atoms with Crippen molar-refractivity contribution in [3.63, 3.8) is 0 Å². The van der Waals surface area contributed by atoms with Crippen molar-refractivity contribution in [1.29, 1.82) is 0 Å². The number of rotatable bonds is 6. The molecule has 0 aliphatic heterocycles. The molecule has 0 amide bonds. The molecule has 0 bridgehead atoms. The first-order valence-corrected chi connectivity index (χ1v) is 19.0. The number of fused-ring (bicyclic) bond motifs is 6. The second-order valence-electron chi connectivity index (χ2n) is 13.0. The van der Waals surface area contributed by atoms with Gasteiger partial charge in [-0.15, -0.1) is 0 Å². The van der Waals surface area contributed by atoms with Crippen LogP contribution in [0, 0.1) is 20.2 Å². The number of nitrogens with one attached hydrogen (secondary N) is 1. The lowest BCUT2D eigenvalue weighted by molar-refractivity contribution is -0.385. The molecule has 302 valence electrons. The molecule has 5 heterocycles. The molecule has 9 aromatic rings. The van der Waals surface area contributed by atoms with E-state index < -0.39 is 26.7 Å². The van der Waals surface area contributed by atoms with Crippen molar-refractivity contribution >= 4 is 83.7 Å². The maximum absolute atomic E-state index is 13.5. The summed E-state index contributed by atoms with van der Waals surface area (Å²) in [5, 5.41) is 39.4. The van der Waals surface area contributed by atoms with Gasteiger partial charge in [-0.05, 0) is 53.4 Å². The minimum absolute atomic E-state index is 0.00724. The van der Waals surface area contributed by atoms with Crippen LogP contribution in [0.25, 0.3) is 66.6 Å². The number of para-hydroxylation sites is 2. The molecule has 0 unspecified atom stereocenters. The van der Waals surface area contributed by atoms with Crippen molar-refractivity contribution in [1.82, 2.24) is 28.4 Å². The summed E-state index contributed by atoms with van der Waals surface area (Å²) < 4.78 is 17.5. The van der Waals surface area contributed by atoms with Crippen molar-refractivity contribution in [2.75, 3.05) is 4.91 Å². The Morgan fingerprint density at radius 2 is 1.22 bits per heavy atom. The zero-order valence-electron chi connectivity index (χ0n) is 32.3. The Kier molecular flexibility index (Phi) is 10.5. The molecule has 0 aliphatic rings. The summed E-state index contributed by atoms with van der Waals surface area (Å²) in [6.07, 6.45) is 0. The van der Waals surface area contributed by atoms with Gasteiger partial charge in [-0.1, -0.05) is 69.3 Å². The number of oxime groups is 1. The standard InChI is InChI=1S/C20H13N5O5.C19H15N5O4.CH3I/c1-23-15-5-3-2-4-13(15)17-16(23)10-14(18-21-20(27)30-22-18)19(26)24(17)11-6-8-12(9-7-11)25(28)29;1-22-15-5-3-2-4-13(15)17-16(22)10-14(18(20)21-26)19(25)23(17)11-6-8-12(9-7-11)24(27)28;1-2/h2-10H,1H3,(H,21,22,27);2-10,26H,1H3,(H2,20,21);1H3/i;;1D. The molecule has 60 heavy (non-hydrogen) atoms. The van der Waals surface area contributed by atoms with Crippen LogP contribution in [0.3, 0.4) is 0 Å². The number of aryl methyl sites for hydroxylation is 2. The van der Waals surface area contributed by atoms with E-state index in [-0.39, 0.29) is 34.2 Å². The highest BCUT2D eigenvalue weighted by molar-refractivity contribution is 14.1. The predicted molar refractivity (Wildman–Crippen MR) is 234 cm³/mol. The monoisotopic (exact) mass is 923 g/mol. The molecule has 0 atom stereocenters. The molecular weight excluding hydrogens is 891 g/mol. The van der Waals surface area contributed by atoms with E-state index in [9.17, 15) is 34.6 Å². The van der Waals surface area contributed by atoms with Crippen LogP contribution in [0.5, 0.6) is 0 Å². The first-order valence-electron chi connectivity index (χ1n) is 18.2. The van der Waals surface area contributed by atoms with E-state index in [0.717, 1.165) is 21.8 Å². The Labute approximate surface area is 350 Å². The van der Waals surface area contributed by atoms with Crippen molar-refractivity contribution < 1.29 is 20.9 Å². The fourth-order valence-electron chi connectivity index (χ4n) is 7.12. The number of nitro benzene ring substituents is 2. The summed E-state index contributed by atoms with van der Waals surface area (Å²) in [7, 11) is 3.72. The smallest absolute Gasteiger partial charge is 0.409 e. The minimum atomic E-state index is -0.775. The summed E-state index contributed by atoms with van der Waals surface area (Å²) in [6.45, 7) is 0. The normalized spacial score (nSPS) is 11.6. The molecule has 4 aromatic carbocycles. The number of alkyl halides is 1. The van der Waals surface area contributed by atoms with Crippen LogP contribution < -0.4 is 22.6 Å². The number of aromatic amines is 1. The number of halogens is 1. The van der Waals surface area contributed by atoms with Crippen LogP contribution in [-0.4, -0.2) is 54.2 Å². The molecule has 0 spiro atoms. The lowest BCUT2D eigenvalue weighted by Gasteiger charge is -2.11. The second kappa shape index (κ2) is 16.2. The van der Waals surface area contributed by atoms with E-state index in [1.54, 1.807) is 12.1 Å². The number of non-ortho nitro benzene ring substituents is 2. The minimum Gasteiger partial charge on any atom is -0.409 e. The average Bonchev–Trinajstić information content (AvgIpc) is 3.91. The zero-order valence-corrected chi connectivity index (χ0v) is 33.5. The highest BCUT2D eigenvalue weighted by Gasteiger charge is 2.22. The maximum atomic E-state index is 13.5. The molecule has 0 aliphatic carbocycles. The summed E-state index contributed by atoms with van der Waals surface area (Å²) in [4.78, 5) is 62.0. The number of aromatic nitrogens is 6. The number of nitro groups is 2. The predicted octanol–water partition coefficient (Wildman–Crippen LogP) is 6.27. The van der Waals surface area contributed by atoms with Crippen molar-refractivity contribution in [2.45, 2.75) is 0 Å². The quantitative estimate of drug-likeness (QED) is 0.0318. The topological polar surface area (TPSA) is 258 Å². The molecule has 20 heteroatoms. The van der Waals surface area contributed by atoms with Gasteiger partial charge in [-0.2, -0.15) is 0 Å². The number of nitrogens with zero attached hydrogens (tertiary/aromatic N) is 8. The first kappa shape index (κ1) is 39.0. The lowest BCUT2D eigenvalue weighted by Crippen LogP contribution is -2.29. The Bertz CT molecular complexity index is 3380. The van der Waals surface area contributed by atoms with E-state index in [0.29, 0.717) is 38.3 Å². The molecule has 4 N–H and O–H groups in total. The fraction of sp³-hybridized carbons (Fsp3) is 0.0750. The number of nitrogens with two attached hydrogens (primary N) is 1. The van der Waals surface area contributed by atoms with Gasteiger partial charge in [-0.25, -0.2) is 4.79 Å². The number of amidine groups is 1. The largest absolute Gasteiger partial charge is 0.439 e. The second-order valence-corrected chi connectivity index (χ2v) is 13.0. The summed E-state index contributed by atoms with van der Waals surface area (Å²) in [5.41, 5.74) is 10.1. The molecule has 5 aromatic heterocycles. The van der Waals surface area contributed by atoms with Crippen LogP contribution >= 0.6 is 22.6 Å². The van der Waals surface area contributed by atoms with Gasteiger partial charge in [0.1, 0.15) is 0 Å². The molecule has 0 fully saturated rings. The average molecular weight is 924 g/mol. The van der Waals surface area contributed by atoms with E-state index in [4.69, 9.17) is 12.3 Å². The van der Waals surface area contributed by atoms with Gasteiger partial charge >= 0.3 is 5.76 Å². The Balaban J connectivity index is 0.000000173. The molecule has 0 radical (unpaired) electrons. The third-order valence-electron chi connectivity index (χ3n) is 9.84. The first-order chi connectivity index (χ1) is 29.3. The van der Waals surface area contributed by atoms with E-state index >= 15 is 0 Å². The van der Waals surface area contributed by atoms with Gasteiger partial charge in [0, 0.05) is 61.9 Å². The van der Waals surface area contributed by atoms with Gasteiger partial charge in [-0.3, -0.25) is 48.5 Å². The summed E-state index contributed by atoms with van der Waals surface area (Å²) in [5.74, 6) is -1.08. The summed E-state index contributed by atoms with van der Waals surface area (Å²) in [6, 6.07) is 29.7. The number of hydrogen-bond donors (Lipinski definition) is 3. The fourth-order valence-corrected chi connectivity index (χ4v) is 7.12. The van der Waals surface area contributed by atoms with Crippen LogP contribution in [0.1, 0.15) is 6.93 Å². The van der Waals surface area contributed by atoms with Gasteiger partial charge in [0.2, 0.25) is 0 Å². The molecule has 19 nitrogen and oxygen atoms in total. The van der Waals surface area contributed by atoms with Crippen LogP contribution in [0.15, 0.2) is 133 Å². The summed E-state index contributed by atoms with van der Waals surface area (Å²) >= 11 is 1.96. The van der Waals surface area contributed by atoms with Gasteiger partial charge < -0.3 is 20.1 Å². The third-order valence-corrected chi connectivity index (χ3v) is 9.84. The van der Waals surface area contributed by atoms with Gasteiger partial charge in [0.05, 0.1) is 54.1 Å². The van der Waals surface area contributed by atoms with Crippen molar-refractivity contribution in [3.05, 3.63) is 166 Å². The molecule has 9 rings (SSSR count). The number of benzene rings is 4. The third kappa shape index (κ3) is 6.82. The Morgan fingerprint density at radius 3 is 1.65 bits per heavy atom. The zero-order chi connectivity index (χ0) is 43.7.